The van der Waals surface area contributed by atoms with Crippen molar-refractivity contribution in [3.8, 4) is 5.75 Å². The van der Waals surface area contributed by atoms with Crippen LogP contribution in [-0.2, 0) is 9.47 Å². The normalized spacial score (nSPS) is 27.4. The van der Waals surface area contributed by atoms with Crippen molar-refractivity contribution >= 4 is 0 Å². The number of allylic oxidation sites excluding steroid dienone is 1. The first-order chi connectivity index (χ1) is 14.8. The van der Waals surface area contributed by atoms with E-state index in [1.165, 1.54) is 64.2 Å². The van der Waals surface area contributed by atoms with Gasteiger partial charge in [0.1, 0.15) is 12.4 Å². The van der Waals surface area contributed by atoms with Crippen molar-refractivity contribution < 1.29 is 14.2 Å². The van der Waals surface area contributed by atoms with Gasteiger partial charge in [-0.3, -0.25) is 0 Å². The second-order valence-electron chi connectivity index (χ2n) is 9.24. The van der Waals surface area contributed by atoms with Crippen LogP contribution in [0.4, 0.5) is 0 Å². The van der Waals surface area contributed by atoms with Crippen LogP contribution in [0.3, 0.4) is 0 Å². The van der Waals surface area contributed by atoms with Gasteiger partial charge >= 0.3 is 0 Å². The van der Waals surface area contributed by atoms with E-state index in [1.54, 1.807) is 0 Å². The zero-order chi connectivity index (χ0) is 21.0. The first-order valence-corrected chi connectivity index (χ1v) is 12.4. The monoisotopic (exact) mass is 414 g/mol. The van der Waals surface area contributed by atoms with Crippen LogP contribution in [0.25, 0.3) is 0 Å². The van der Waals surface area contributed by atoms with Gasteiger partial charge < -0.3 is 14.2 Å². The highest BCUT2D eigenvalue weighted by atomic mass is 16.7. The summed E-state index contributed by atoms with van der Waals surface area (Å²) >= 11 is 0. The lowest BCUT2D eigenvalue weighted by molar-refractivity contribution is -0.206. The van der Waals surface area contributed by atoms with E-state index in [4.69, 9.17) is 14.2 Å². The predicted molar refractivity (Wildman–Crippen MR) is 124 cm³/mol. The van der Waals surface area contributed by atoms with Gasteiger partial charge in [-0.05, 0) is 56.1 Å². The molecule has 1 saturated carbocycles. The van der Waals surface area contributed by atoms with Gasteiger partial charge in [-0.15, -0.1) is 0 Å². The molecular weight excluding hydrogens is 372 g/mol. The van der Waals surface area contributed by atoms with Gasteiger partial charge in [0.05, 0.1) is 13.2 Å². The summed E-state index contributed by atoms with van der Waals surface area (Å²) in [6.45, 7) is 6.79. The fourth-order valence-electron chi connectivity index (χ4n) is 4.78. The Morgan fingerprint density at radius 3 is 2.27 bits per heavy atom. The van der Waals surface area contributed by atoms with Gasteiger partial charge in [0.2, 0.25) is 0 Å². The van der Waals surface area contributed by atoms with Crippen LogP contribution in [-0.4, -0.2) is 19.8 Å². The molecule has 2 aliphatic rings. The van der Waals surface area contributed by atoms with Gasteiger partial charge in [0.15, 0.2) is 6.29 Å². The molecule has 30 heavy (non-hydrogen) atoms. The maximum atomic E-state index is 5.96. The fourth-order valence-corrected chi connectivity index (χ4v) is 4.78. The minimum atomic E-state index is -0.232. The Balaban J connectivity index is 1.33. The zero-order valence-corrected chi connectivity index (χ0v) is 19.2. The highest BCUT2D eigenvalue weighted by Crippen LogP contribution is 2.32. The molecular formula is C27H42O3. The topological polar surface area (TPSA) is 27.7 Å². The highest BCUT2D eigenvalue weighted by Gasteiger charge is 2.23. The second kappa shape index (κ2) is 13.2. The molecule has 3 heteroatoms. The molecule has 0 amide bonds. The zero-order valence-electron chi connectivity index (χ0n) is 19.2. The number of rotatable bonds is 11. The quantitative estimate of drug-likeness (QED) is 0.278. The summed E-state index contributed by atoms with van der Waals surface area (Å²) in [6, 6.07) is 8.19. The summed E-state index contributed by atoms with van der Waals surface area (Å²) in [5.41, 5.74) is 1.08. The van der Waals surface area contributed by atoms with Gasteiger partial charge in [-0.2, -0.15) is 0 Å². The second-order valence-corrected chi connectivity index (χ2v) is 9.24. The lowest BCUT2D eigenvalue weighted by atomic mass is 9.80. The van der Waals surface area contributed by atoms with Crippen molar-refractivity contribution in [2.45, 2.75) is 84.3 Å². The van der Waals surface area contributed by atoms with E-state index in [-0.39, 0.29) is 6.29 Å². The number of hydrogen-bond donors (Lipinski definition) is 0. The van der Waals surface area contributed by atoms with Crippen LogP contribution in [0, 0.1) is 17.8 Å². The van der Waals surface area contributed by atoms with Crippen LogP contribution < -0.4 is 4.74 Å². The fraction of sp³-hybridized carbons (Fsp3) is 0.704. The smallest absolute Gasteiger partial charge is 0.183 e. The Bertz CT molecular complexity index is 593. The summed E-state index contributed by atoms with van der Waals surface area (Å²) in [4.78, 5) is 0. The van der Waals surface area contributed by atoms with Crippen LogP contribution in [0.5, 0.6) is 5.75 Å². The molecule has 3 rings (SSSR count). The third-order valence-corrected chi connectivity index (χ3v) is 6.68. The van der Waals surface area contributed by atoms with E-state index in [2.05, 4.69) is 38.1 Å². The van der Waals surface area contributed by atoms with Gasteiger partial charge in [-0.25, -0.2) is 0 Å². The molecule has 1 aliphatic heterocycles. The minimum absolute atomic E-state index is 0.232. The summed E-state index contributed by atoms with van der Waals surface area (Å²) in [5.74, 6) is 3.17. The molecule has 0 unspecified atom stereocenters. The predicted octanol–water partition coefficient (Wildman–Crippen LogP) is 7.47. The van der Waals surface area contributed by atoms with Crippen LogP contribution in [0.1, 0.15) is 89.9 Å². The van der Waals surface area contributed by atoms with Crippen molar-refractivity contribution in [2.75, 3.05) is 19.8 Å². The Hall–Kier alpha value is -1.32. The summed E-state index contributed by atoms with van der Waals surface area (Å²) in [5, 5.41) is 0. The van der Waals surface area contributed by atoms with E-state index in [0.717, 1.165) is 36.4 Å². The Kier molecular flexibility index (Phi) is 10.2. The molecule has 2 fully saturated rings. The molecule has 0 spiro atoms. The summed E-state index contributed by atoms with van der Waals surface area (Å²) in [6.07, 6.45) is 17.6. The van der Waals surface area contributed by atoms with E-state index in [9.17, 15) is 0 Å². The molecule has 1 heterocycles. The molecule has 1 aliphatic carbocycles. The number of unbranched alkanes of at least 4 members (excludes halogenated alkanes) is 2. The third-order valence-electron chi connectivity index (χ3n) is 6.68. The number of ether oxygens (including phenoxy) is 3. The Labute approximate surface area is 184 Å². The maximum absolute atomic E-state index is 5.96. The van der Waals surface area contributed by atoms with Crippen molar-refractivity contribution in [1.29, 1.82) is 0 Å². The van der Waals surface area contributed by atoms with E-state index < -0.39 is 0 Å². The average Bonchev–Trinajstić information content (AvgIpc) is 2.79. The highest BCUT2D eigenvalue weighted by molar-refractivity contribution is 5.28. The summed E-state index contributed by atoms with van der Waals surface area (Å²) in [7, 11) is 0. The molecule has 1 aromatic carbocycles. The van der Waals surface area contributed by atoms with E-state index in [0.29, 0.717) is 12.5 Å². The van der Waals surface area contributed by atoms with Crippen molar-refractivity contribution in [1.82, 2.24) is 0 Å². The molecule has 3 nitrogen and oxygen atoms in total. The third kappa shape index (κ3) is 7.74. The van der Waals surface area contributed by atoms with Crippen LogP contribution in [0.15, 0.2) is 36.4 Å². The molecule has 1 saturated heterocycles. The first kappa shape index (κ1) is 23.3. The number of hydrogen-bond acceptors (Lipinski definition) is 3. The molecule has 0 atom stereocenters. The molecule has 168 valence electrons. The van der Waals surface area contributed by atoms with E-state index >= 15 is 0 Å². The van der Waals surface area contributed by atoms with Gasteiger partial charge in [0, 0.05) is 11.5 Å². The van der Waals surface area contributed by atoms with Crippen LogP contribution >= 0.6 is 0 Å². The molecule has 0 aromatic heterocycles. The van der Waals surface area contributed by atoms with Crippen molar-refractivity contribution in [3.05, 3.63) is 42.0 Å². The van der Waals surface area contributed by atoms with Crippen LogP contribution in [0.2, 0.25) is 0 Å². The minimum Gasteiger partial charge on any atom is -0.490 e. The van der Waals surface area contributed by atoms with Crippen molar-refractivity contribution in [3.63, 3.8) is 0 Å². The largest absolute Gasteiger partial charge is 0.490 e. The SMILES string of the molecule is CCCCC[C@H]1CO[C@H](c2ccc(OC/C=C/[C@H]3CC[C@H](CCC)CC3)cc2)OC1. The standard InChI is InChI=1S/C27H42O3/c1-3-5-6-9-24-20-29-27(30-21-24)25-15-17-26(18-16-25)28-19-7-10-23-13-11-22(8-4-2)12-14-23/h7,10,15-18,22-24,27H,3-6,8-9,11-14,19-21H2,1-2H3/b10-7+/t22-,23-,24-,27-. The molecule has 0 N–H and O–H groups in total. The van der Waals surface area contributed by atoms with Gasteiger partial charge in [0.25, 0.3) is 0 Å². The Morgan fingerprint density at radius 1 is 0.867 bits per heavy atom. The van der Waals surface area contributed by atoms with Gasteiger partial charge in [-0.1, -0.05) is 70.2 Å². The van der Waals surface area contributed by atoms with Crippen molar-refractivity contribution in [2.24, 2.45) is 17.8 Å². The molecule has 1 aromatic rings. The lowest BCUT2D eigenvalue weighted by Crippen LogP contribution is -2.27. The maximum Gasteiger partial charge on any atom is 0.183 e. The molecule has 0 radical (unpaired) electrons. The molecule has 0 bridgehead atoms. The van der Waals surface area contributed by atoms with E-state index in [1.807, 2.05) is 12.1 Å². The first-order valence-electron chi connectivity index (χ1n) is 12.4. The lowest BCUT2D eigenvalue weighted by Gasteiger charge is -2.29. The number of benzene rings is 1. The Morgan fingerprint density at radius 2 is 1.60 bits per heavy atom. The summed E-state index contributed by atoms with van der Waals surface area (Å²) < 4.78 is 17.8. The average molecular weight is 415 g/mol.